The number of methoxy groups -OCH3 is 1. The molecule has 18 heavy (non-hydrogen) atoms. The molecule has 2 aromatic rings. The van der Waals surface area contributed by atoms with E-state index in [1.807, 2.05) is 24.3 Å². The van der Waals surface area contributed by atoms with E-state index in [4.69, 9.17) is 22.1 Å². The highest BCUT2D eigenvalue weighted by atomic mass is 35.5. The van der Waals surface area contributed by atoms with Gasteiger partial charge in [0.05, 0.1) is 19.3 Å². The minimum Gasteiger partial charge on any atom is -0.497 e. The summed E-state index contributed by atoms with van der Waals surface area (Å²) < 4.78 is 6.90. The second-order valence-corrected chi connectivity index (χ2v) is 4.43. The van der Waals surface area contributed by atoms with Gasteiger partial charge in [0, 0.05) is 0 Å². The fraction of sp³-hybridized carbons (Fsp3) is 0.308. The van der Waals surface area contributed by atoms with E-state index in [2.05, 4.69) is 12.0 Å². The molecule has 0 saturated heterocycles. The lowest BCUT2D eigenvalue weighted by Crippen LogP contribution is -2.13. The van der Waals surface area contributed by atoms with Crippen molar-refractivity contribution >= 4 is 17.4 Å². The number of aromatic nitrogens is 2. The minimum absolute atomic E-state index is 0.0865. The van der Waals surface area contributed by atoms with Crippen LogP contribution in [-0.4, -0.2) is 16.9 Å². The molecular weight excluding hydrogens is 250 g/mol. The number of nitrogen functional groups attached to an aromatic ring is 1. The Morgan fingerprint density at radius 1 is 1.39 bits per heavy atom. The summed E-state index contributed by atoms with van der Waals surface area (Å²) in [5.41, 5.74) is 7.05. The van der Waals surface area contributed by atoms with E-state index in [-0.39, 0.29) is 6.04 Å². The monoisotopic (exact) mass is 265 g/mol. The van der Waals surface area contributed by atoms with Gasteiger partial charge in [-0.2, -0.15) is 5.10 Å². The predicted octanol–water partition coefficient (Wildman–Crippen LogP) is 3.13. The molecule has 0 saturated carbocycles. The van der Waals surface area contributed by atoms with Gasteiger partial charge in [-0.15, -0.1) is 0 Å². The maximum atomic E-state index is 5.94. The largest absolute Gasteiger partial charge is 0.497 e. The SMILES string of the molecule is CCC(c1ccc(OC)cc1)n1ncc(Cl)c1N. The van der Waals surface area contributed by atoms with Gasteiger partial charge in [-0.05, 0) is 24.1 Å². The third kappa shape index (κ3) is 2.29. The number of hydrogen-bond donors (Lipinski definition) is 1. The molecule has 1 aromatic carbocycles. The van der Waals surface area contributed by atoms with Gasteiger partial charge in [0.2, 0.25) is 0 Å². The topological polar surface area (TPSA) is 53.1 Å². The van der Waals surface area contributed by atoms with Crippen LogP contribution < -0.4 is 10.5 Å². The fourth-order valence-electron chi connectivity index (χ4n) is 1.97. The number of halogens is 1. The summed E-state index contributed by atoms with van der Waals surface area (Å²) in [5.74, 6) is 1.33. The van der Waals surface area contributed by atoms with Gasteiger partial charge in [-0.3, -0.25) is 0 Å². The zero-order valence-corrected chi connectivity index (χ0v) is 11.2. The molecule has 1 atom stereocenters. The Balaban J connectivity index is 2.35. The summed E-state index contributed by atoms with van der Waals surface area (Å²) in [5, 5.41) is 4.72. The second kappa shape index (κ2) is 5.31. The zero-order chi connectivity index (χ0) is 13.1. The number of ether oxygens (including phenoxy) is 1. The first-order valence-electron chi connectivity index (χ1n) is 5.79. The lowest BCUT2D eigenvalue weighted by molar-refractivity contribution is 0.414. The number of benzene rings is 1. The van der Waals surface area contributed by atoms with E-state index in [1.54, 1.807) is 18.0 Å². The molecule has 4 nitrogen and oxygen atoms in total. The average Bonchev–Trinajstić information content (AvgIpc) is 2.73. The first kappa shape index (κ1) is 12.8. The highest BCUT2D eigenvalue weighted by molar-refractivity contribution is 6.32. The van der Waals surface area contributed by atoms with E-state index in [9.17, 15) is 0 Å². The van der Waals surface area contributed by atoms with E-state index >= 15 is 0 Å². The van der Waals surface area contributed by atoms with Crippen LogP contribution in [-0.2, 0) is 0 Å². The second-order valence-electron chi connectivity index (χ2n) is 4.02. The third-order valence-corrected chi connectivity index (χ3v) is 3.26. The quantitative estimate of drug-likeness (QED) is 0.924. The molecule has 2 N–H and O–H groups in total. The molecule has 0 amide bonds. The molecule has 96 valence electrons. The smallest absolute Gasteiger partial charge is 0.141 e. The molecule has 0 aliphatic carbocycles. The van der Waals surface area contributed by atoms with Gasteiger partial charge in [-0.1, -0.05) is 30.7 Å². The third-order valence-electron chi connectivity index (χ3n) is 2.97. The standard InChI is InChI=1S/C13H16ClN3O/c1-3-12(17-13(15)11(14)8-16-17)9-4-6-10(18-2)7-5-9/h4-8,12H,3,15H2,1-2H3. The van der Waals surface area contributed by atoms with Crippen LogP contribution in [0.4, 0.5) is 5.82 Å². The Hall–Kier alpha value is -1.68. The number of nitrogens with zero attached hydrogens (tertiary/aromatic N) is 2. The molecular formula is C13H16ClN3O. The summed E-state index contributed by atoms with van der Waals surface area (Å²) in [7, 11) is 1.65. The Bertz CT molecular complexity index is 522. The maximum Gasteiger partial charge on any atom is 0.141 e. The van der Waals surface area contributed by atoms with Crippen LogP contribution in [0.1, 0.15) is 24.9 Å². The Kier molecular flexibility index (Phi) is 3.77. The van der Waals surface area contributed by atoms with Gasteiger partial charge in [0.1, 0.15) is 16.6 Å². The van der Waals surface area contributed by atoms with Crippen molar-refractivity contribution < 1.29 is 4.74 Å². The molecule has 1 unspecified atom stereocenters. The van der Waals surface area contributed by atoms with Gasteiger partial charge >= 0.3 is 0 Å². The molecule has 0 aliphatic heterocycles. The predicted molar refractivity (Wildman–Crippen MR) is 73.1 cm³/mol. The van der Waals surface area contributed by atoms with E-state index in [0.29, 0.717) is 10.8 Å². The first-order valence-corrected chi connectivity index (χ1v) is 6.17. The molecule has 0 bridgehead atoms. The lowest BCUT2D eigenvalue weighted by Gasteiger charge is -2.18. The van der Waals surface area contributed by atoms with Crippen LogP contribution in [0, 0.1) is 0 Å². The van der Waals surface area contributed by atoms with E-state index in [1.165, 1.54) is 0 Å². The summed E-state index contributed by atoms with van der Waals surface area (Å²) in [6, 6.07) is 7.98. The minimum atomic E-state index is 0.0865. The van der Waals surface area contributed by atoms with Gasteiger partial charge in [-0.25, -0.2) is 4.68 Å². The van der Waals surface area contributed by atoms with Crippen molar-refractivity contribution in [2.75, 3.05) is 12.8 Å². The number of anilines is 1. The van der Waals surface area contributed by atoms with Crippen molar-refractivity contribution in [3.05, 3.63) is 41.0 Å². The number of rotatable bonds is 4. The Labute approximate surface area is 111 Å². The Morgan fingerprint density at radius 2 is 2.06 bits per heavy atom. The van der Waals surface area contributed by atoms with Crippen molar-refractivity contribution in [3.8, 4) is 5.75 Å². The van der Waals surface area contributed by atoms with Crippen LogP contribution in [0.15, 0.2) is 30.5 Å². The Morgan fingerprint density at radius 3 is 2.50 bits per heavy atom. The van der Waals surface area contributed by atoms with Crippen molar-refractivity contribution in [2.24, 2.45) is 0 Å². The highest BCUT2D eigenvalue weighted by Crippen LogP contribution is 2.28. The first-order chi connectivity index (χ1) is 8.67. The normalized spacial score (nSPS) is 12.4. The molecule has 5 heteroatoms. The van der Waals surface area contributed by atoms with Crippen LogP contribution in [0.25, 0.3) is 0 Å². The molecule has 2 rings (SSSR count). The molecule has 1 heterocycles. The van der Waals surface area contributed by atoms with Crippen LogP contribution >= 0.6 is 11.6 Å². The summed E-state index contributed by atoms with van der Waals surface area (Å²) in [4.78, 5) is 0. The van der Waals surface area contributed by atoms with Crippen LogP contribution in [0.5, 0.6) is 5.75 Å². The van der Waals surface area contributed by atoms with Crippen molar-refractivity contribution in [1.29, 1.82) is 0 Å². The van der Waals surface area contributed by atoms with Gasteiger partial charge in [0.25, 0.3) is 0 Å². The molecule has 1 aromatic heterocycles. The molecule has 0 fully saturated rings. The maximum absolute atomic E-state index is 5.94. The summed E-state index contributed by atoms with van der Waals surface area (Å²) in [6.45, 7) is 2.09. The average molecular weight is 266 g/mol. The van der Waals surface area contributed by atoms with Crippen molar-refractivity contribution in [2.45, 2.75) is 19.4 Å². The summed E-state index contributed by atoms with van der Waals surface area (Å²) in [6.07, 6.45) is 2.46. The molecule has 0 radical (unpaired) electrons. The van der Waals surface area contributed by atoms with Crippen LogP contribution in [0.3, 0.4) is 0 Å². The molecule has 0 spiro atoms. The number of nitrogens with two attached hydrogens (primary N) is 1. The van der Waals surface area contributed by atoms with Crippen molar-refractivity contribution in [1.82, 2.24) is 9.78 Å². The summed E-state index contributed by atoms with van der Waals surface area (Å²) >= 11 is 5.94. The van der Waals surface area contributed by atoms with Gasteiger partial charge < -0.3 is 10.5 Å². The fourth-order valence-corrected chi connectivity index (χ4v) is 2.11. The lowest BCUT2D eigenvalue weighted by atomic mass is 10.0. The van der Waals surface area contributed by atoms with Crippen LogP contribution in [0.2, 0.25) is 5.02 Å². The van der Waals surface area contributed by atoms with E-state index in [0.717, 1.165) is 17.7 Å². The zero-order valence-electron chi connectivity index (χ0n) is 10.4. The van der Waals surface area contributed by atoms with E-state index < -0.39 is 0 Å². The van der Waals surface area contributed by atoms with Crippen molar-refractivity contribution in [3.63, 3.8) is 0 Å². The van der Waals surface area contributed by atoms with Gasteiger partial charge in [0.15, 0.2) is 0 Å². The highest BCUT2D eigenvalue weighted by Gasteiger charge is 2.16. The molecule has 0 aliphatic rings. The number of hydrogen-bond acceptors (Lipinski definition) is 3.